The molecule has 0 unspecified atom stereocenters. The lowest BCUT2D eigenvalue weighted by Crippen LogP contribution is -2.58. The van der Waals surface area contributed by atoms with Crippen LogP contribution in [0.25, 0.3) is 0 Å². The van der Waals surface area contributed by atoms with E-state index >= 15 is 0 Å². The molecule has 3 heterocycles. The zero-order valence-electron chi connectivity index (χ0n) is 10.3. The minimum Gasteiger partial charge on any atom is -0.381 e. The predicted octanol–water partition coefficient (Wildman–Crippen LogP) is 2.37. The topological polar surface area (TPSA) is 68.5 Å². The maximum absolute atomic E-state index is 11.0. The summed E-state index contributed by atoms with van der Waals surface area (Å²) < 4.78 is 6.14. The van der Waals surface area contributed by atoms with Crippen LogP contribution >= 0.6 is 15.9 Å². The lowest BCUT2D eigenvalue weighted by molar-refractivity contribution is -0.388. The summed E-state index contributed by atoms with van der Waals surface area (Å²) in [6, 6.07) is 1.78. The molecule has 102 valence electrons. The number of aromatic nitrogens is 1. The van der Waals surface area contributed by atoms with Crippen molar-refractivity contribution >= 4 is 27.4 Å². The van der Waals surface area contributed by atoms with E-state index in [0.717, 1.165) is 43.6 Å². The van der Waals surface area contributed by atoms with Crippen LogP contribution in [-0.4, -0.2) is 36.2 Å². The third-order valence-electron chi connectivity index (χ3n) is 3.93. The van der Waals surface area contributed by atoms with Crippen LogP contribution < -0.4 is 4.90 Å². The number of anilines is 1. The van der Waals surface area contributed by atoms with Crippen LogP contribution in [0, 0.1) is 15.5 Å². The zero-order valence-corrected chi connectivity index (χ0v) is 11.9. The van der Waals surface area contributed by atoms with E-state index in [1.807, 2.05) is 4.90 Å². The molecule has 1 aromatic rings. The van der Waals surface area contributed by atoms with Crippen LogP contribution in [0.1, 0.15) is 12.8 Å². The summed E-state index contributed by atoms with van der Waals surface area (Å²) in [5, 5.41) is 11.0. The first-order valence-electron chi connectivity index (χ1n) is 6.22. The molecule has 0 aromatic carbocycles. The van der Waals surface area contributed by atoms with Gasteiger partial charge in [0.15, 0.2) is 6.20 Å². The predicted molar refractivity (Wildman–Crippen MR) is 73.3 cm³/mol. The summed E-state index contributed by atoms with van der Waals surface area (Å²) in [6.07, 6.45) is 3.54. The summed E-state index contributed by atoms with van der Waals surface area (Å²) >= 11 is 3.32. The van der Waals surface area contributed by atoms with E-state index in [2.05, 4.69) is 20.9 Å². The Bertz CT molecular complexity index is 509. The van der Waals surface area contributed by atoms with Crippen molar-refractivity contribution in [2.75, 3.05) is 31.2 Å². The molecule has 1 aromatic heterocycles. The van der Waals surface area contributed by atoms with Gasteiger partial charge in [-0.1, -0.05) is 0 Å². The van der Waals surface area contributed by atoms with Crippen LogP contribution in [0.15, 0.2) is 16.7 Å². The van der Waals surface area contributed by atoms with Gasteiger partial charge in [-0.25, -0.2) is 0 Å². The Labute approximate surface area is 119 Å². The van der Waals surface area contributed by atoms with Crippen LogP contribution in [0.5, 0.6) is 0 Å². The van der Waals surface area contributed by atoms with Crippen molar-refractivity contribution in [3.8, 4) is 0 Å². The molecule has 2 aliphatic rings. The molecule has 0 amide bonds. The van der Waals surface area contributed by atoms with Gasteiger partial charge < -0.3 is 19.8 Å². The largest absolute Gasteiger partial charge is 0.387 e. The summed E-state index contributed by atoms with van der Waals surface area (Å²) in [6.45, 7) is 3.31. The fourth-order valence-electron chi connectivity index (χ4n) is 2.85. The first-order valence-corrected chi connectivity index (χ1v) is 7.02. The minimum absolute atomic E-state index is 0.0647. The minimum atomic E-state index is -0.420. The third kappa shape index (κ3) is 2.32. The Hall–Kier alpha value is -1.21. The fourth-order valence-corrected chi connectivity index (χ4v) is 3.17. The van der Waals surface area contributed by atoms with Gasteiger partial charge in [-0.3, -0.25) is 0 Å². The molecule has 0 N–H and O–H groups in total. The van der Waals surface area contributed by atoms with Gasteiger partial charge in [0.1, 0.15) is 5.69 Å². The van der Waals surface area contributed by atoms with Gasteiger partial charge in [0.2, 0.25) is 0 Å². The average Bonchev–Trinajstić information content (AvgIpc) is 2.36. The highest BCUT2D eigenvalue weighted by Gasteiger charge is 2.45. The van der Waals surface area contributed by atoms with E-state index < -0.39 is 4.92 Å². The third-order valence-corrected chi connectivity index (χ3v) is 4.37. The van der Waals surface area contributed by atoms with Crippen molar-refractivity contribution < 1.29 is 9.66 Å². The molecule has 0 radical (unpaired) electrons. The van der Waals surface area contributed by atoms with Crippen LogP contribution in [0.2, 0.25) is 0 Å². The summed E-state index contributed by atoms with van der Waals surface area (Å²) in [7, 11) is 0. The molecular formula is C12H14BrN3O3. The standard InChI is InChI=1S/C12H14BrN3O3/c13-9-5-10(11(14-6-9)16(17)18)15-7-12(8-15)1-3-19-4-2-12/h5-6H,1-4,7-8H2. The van der Waals surface area contributed by atoms with Gasteiger partial charge >= 0.3 is 5.82 Å². The maximum atomic E-state index is 11.0. The summed E-state index contributed by atoms with van der Waals surface area (Å²) in [5.74, 6) is -0.0647. The molecule has 0 saturated carbocycles. The molecule has 19 heavy (non-hydrogen) atoms. The second kappa shape index (κ2) is 4.72. The number of nitro groups is 1. The number of nitrogens with zero attached hydrogens (tertiary/aromatic N) is 3. The van der Waals surface area contributed by atoms with E-state index in [1.165, 1.54) is 6.20 Å². The second-order valence-corrected chi connectivity index (χ2v) is 6.14. The van der Waals surface area contributed by atoms with Gasteiger partial charge in [-0.05, 0) is 44.7 Å². The van der Waals surface area contributed by atoms with Crippen molar-refractivity contribution in [1.82, 2.24) is 4.98 Å². The molecule has 3 rings (SSSR count). The van der Waals surface area contributed by atoms with E-state index in [1.54, 1.807) is 6.07 Å². The molecule has 2 fully saturated rings. The number of hydrogen-bond acceptors (Lipinski definition) is 5. The molecule has 0 bridgehead atoms. The summed E-state index contributed by atoms with van der Waals surface area (Å²) in [5.41, 5.74) is 0.894. The van der Waals surface area contributed by atoms with E-state index in [-0.39, 0.29) is 11.2 Å². The van der Waals surface area contributed by atoms with Crippen LogP contribution in [-0.2, 0) is 4.74 Å². The number of ether oxygens (including phenoxy) is 1. The number of halogens is 1. The van der Waals surface area contributed by atoms with Crippen molar-refractivity contribution in [2.45, 2.75) is 12.8 Å². The normalized spacial score (nSPS) is 21.2. The number of pyridine rings is 1. The lowest BCUT2D eigenvalue weighted by Gasteiger charge is -2.52. The van der Waals surface area contributed by atoms with Gasteiger partial charge in [0, 0.05) is 31.7 Å². The van der Waals surface area contributed by atoms with Gasteiger partial charge in [0.25, 0.3) is 0 Å². The van der Waals surface area contributed by atoms with Crippen LogP contribution in [0.4, 0.5) is 11.5 Å². The molecule has 2 saturated heterocycles. The lowest BCUT2D eigenvalue weighted by atomic mass is 9.73. The van der Waals surface area contributed by atoms with Gasteiger partial charge in [-0.15, -0.1) is 0 Å². The Morgan fingerprint density at radius 1 is 1.42 bits per heavy atom. The highest BCUT2D eigenvalue weighted by Crippen LogP contribution is 2.44. The Morgan fingerprint density at radius 3 is 2.74 bits per heavy atom. The number of hydrogen-bond donors (Lipinski definition) is 0. The molecule has 6 nitrogen and oxygen atoms in total. The first-order chi connectivity index (χ1) is 9.10. The molecule has 1 spiro atoms. The molecule has 7 heteroatoms. The van der Waals surface area contributed by atoms with Crippen molar-refractivity contribution in [3.63, 3.8) is 0 Å². The van der Waals surface area contributed by atoms with Gasteiger partial charge in [-0.2, -0.15) is 0 Å². The first kappa shape index (κ1) is 12.8. The summed E-state index contributed by atoms with van der Waals surface area (Å²) in [4.78, 5) is 16.6. The molecular weight excluding hydrogens is 314 g/mol. The molecule has 0 aliphatic carbocycles. The smallest absolute Gasteiger partial charge is 0.381 e. The van der Waals surface area contributed by atoms with E-state index in [4.69, 9.17) is 4.74 Å². The van der Waals surface area contributed by atoms with Crippen molar-refractivity contribution in [1.29, 1.82) is 0 Å². The van der Waals surface area contributed by atoms with Crippen LogP contribution in [0.3, 0.4) is 0 Å². The Balaban J connectivity index is 1.81. The second-order valence-electron chi connectivity index (χ2n) is 5.22. The number of rotatable bonds is 2. The quantitative estimate of drug-likeness (QED) is 0.616. The fraction of sp³-hybridized carbons (Fsp3) is 0.583. The Morgan fingerprint density at radius 2 is 2.11 bits per heavy atom. The Kier molecular flexibility index (Phi) is 3.18. The van der Waals surface area contributed by atoms with E-state index in [0.29, 0.717) is 5.69 Å². The van der Waals surface area contributed by atoms with E-state index in [9.17, 15) is 10.1 Å². The zero-order chi connectivity index (χ0) is 13.5. The van der Waals surface area contributed by atoms with Gasteiger partial charge in [0.05, 0.1) is 4.47 Å². The highest BCUT2D eigenvalue weighted by molar-refractivity contribution is 9.10. The average molecular weight is 328 g/mol. The monoisotopic (exact) mass is 327 g/mol. The molecule has 2 aliphatic heterocycles. The SMILES string of the molecule is O=[N+]([O-])c1ncc(Br)cc1N1CC2(CCOCC2)C1. The molecule has 0 atom stereocenters. The highest BCUT2D eigenvalue weighted by atomic mass is 79.9. The maximum Gasteiger partial charge on any atom is 0.387 e. The van der Waals surface area contributed by atoms with Crippen molar-refractivity contribution in [2.24, 2.45) is 5.41 Å². The van der Waals surface area contributed by atoms with Crippen molar-refractivity contribution in [3.05, 3.63) is 26.9 Å².